The molecular weight excluding hydrogens is 348 g/mol. The smallest absolute Gasteiger partial charge is 0.330 e. The molecule has 10 heteroatoms. The first-order valence-corrected chi connectivity index (χ1v) is 8.27. The molecule has 0 radical (unpaired) electrons. The van der Waals surface area contributed by atoms with Crippen molar-refractivity contribution >= 4 is 23.8 Å². The van der Waals surface area contributed by atoms with E-state index in [1.807, 2.05) is 0 Å². The molecule has 0 heterocycles. The van der Waals surface area contributed by atoms with Gasteiger partial charge >= 0.3 is 11.9 Å². The number of hydrogen-bond acceptors (Lipinski definition) is 8. The maximum absolute atomic E-state index is 12.2. The van der Waals surface area contributed by atoms with E-state index in [0.717, 1.165) is 20.6 Å². The van der Waals surface area contributed by atoms with E-state index >= 15 is 0 Å². The summed E-state index contributed by atoms with van der Waals surface area (Å²) in [4.78, 5) is 47.2. The van der Waals surface area contributed by atoms with Crippen molar-refractivity contribution in [1.82, 2.24) is 10.6 Å². The topological polar surface area (TPSA) is 151 Å². The van der Waals surface area contributed by atoms with Gasteiger partial charge in [-0.05, 0) is 18.3 Å². The number of amides is 2. The lowest BCUT2D eigenvalue weighted by Crippen LogP contribution is -2.49. The van der Waals surface area contributed by atoms with Crippen molar-refractivity contribution in [1.29, 1.82) is 0 Å². The number of hydrogen-bond donors (Lipinski definition) is 4. The quantitative estimate of drug-likeness (QED) is 0.328. The number of methoxy groups -OCH3 is 2. The third kappa shape index (κ3) is 5.95. The molecule has 0 bridgehead atoms. The Morgan fingerprint density at radius 2 is 1.27 bits per heavy atom. The van der Waals surface area contributed by atoms with E-state index < -0.39 is 54.5 Å². The summed E-state index contributed by atoms with van der Waals surface area (Å²) in [5.41, 5.74) is -0.583. The number of nitrogens with one attached hydrogen (secondary N) is 2. The monoisotopic (exact) mass is 374 g/mol. The third-order valence-electron chi connectivity index (χ3n) is 4.49. The standard InChI is InChI=1S/C16H26N2O8/c1-25-14(23)10(8-19)17-12(21)6-16(4-3-5-16)7-13(22)18-11(9-20)15(24)26-2/h10-11,19-20H,3-9H2,1-2H3,(H,17,21)(H,18,22)/t10-,11-/m1/s1. The summed E-state index contributed by atoms with van der Waals surface area (Å²) in [6.07, 6.45) is 2.11. The van der Waals surface area contributed by atoms with Gasteiger partial charge in [-0.2, -0.15) is 0 Å². The molecule has 26 heavy (non-hydrogen) atoms. The van der Waals surface area contributed by atoms with Gasteiger partial charge in [0.2, 0.25) is 11.8 Å². The van der Waals surface area contributed by atoms with Crippen LogP contribution < -0.4 is 10.6 Å². The minimum Gasteiger partial charge on any atom is -0.467 e. The molecule has 2 atom stereocenters. The van der Waals surface area contributed by atoms with Gasteiger partial charge in [0, 0.05) is 12.8 Å². The van der Waals surface area contributed by atoms with Gasteiger partial charge in [0.25, 0.3) is 0 Å². The van der Waals surface area contributed by atoms with Gasteiger partial charge in [0.15, 0.2) is 12.1 Å². The van der Waals surface area contributed by atoms with Gasteiger partial charge in [-0.15, -0.1) is 0 Å². The summed E-state index contributed by atoms with van der Waals surface area (Å²) in [5.74, 6) is -2.47. The summed E-state index contributed by atoms with van der Waals surface area (Å²) in [5, 5.41) is 23.1. The Balaban J connectivity index is 2.62. The number of esters is 2. The lowest BCUT2D eigenvalue weighted by molar-refractivity contribution is -0.147. The SMILES string of the molecule is COC(=O)[C@@H](CO)NC(=O)CC1(CC(=O)N[C@H](CO)C(=O)OC)CCC1. The molecule has 0 saturated heterocycles. The van der Waals surface area contributed by atoms with Crippen LogP contribution in [0.15, 0.2) is 0 Å². The van der Waals surface area contributed by atoms with E-state index in [0.29, 0.717) is 12.8 Å². The van der Waals surface area contributed by atoms with Crippen LogP contribution >= 0.6 is 0 Å². The summed E-state index contributed by atoms with van der Waals surface area (Å²) < 4.78 is 8.97. The lowest BCUT2D eigenvalue weighted by Gasteiger charge is -2.41. The molecule has 1 aliphatic rings. The van der Waals surface area contributed by atoms with Gasteiger partial charge in [-0.1, -0.05) is 6.42 Å². The van der Waals surface area contributed by atoms with Crippen molar-refractivity contribution in [3.8, 4) is 0 Å². The summed E-state index contributed by atoms with van der Waals surface area (Å²) in [6.45, 7) is -1.19. The number of aliphatic hydroxyl groups is 2. The minimum absolute atomic E-state index is 0.00404. The fourth-order valence-electron chi connectivity index (χ4n) is 2.91. The zero-order valence-corrected chi connectivity index (χ0v) is 14.9. The van der Waals surface area contributed by atoms with Crippen LogP contribution in [-0.4, -0.2) is 73.5 Å². The Hall–Kier alpha value is -2.20. The molecular formula is C16H26N2O8. The van der Waals surface area contributed by atoms with Crippen LogP contribution in [0.4, 0.5) is 0 Å². The first kappa shape index (κ1) is 21.8. The van der Waals surface area contributed by atoms with Gasteiger partial charge in [0.1, 0.15) is 0 Å². The maximum atomic E-state index is 12.2. The van der Waals surface area contributed by atoms with E-state index in [2.05, 4.69) is 20.1 Å². The fourth-order valence-corrected chi connectivity index (χ4v) is 2.91. The first-order chi connectivity index (χ1) is 12.3. The number of carbonyl (C=O) groups excluding carboxylic acids is 4. The molecule has 1 fully saturated rings. The number of rotatable bonds is 10. The number of carbonyl (C=O) groups is 4. The molecule has 1 rings (SSSR count). The first-order valence-electron chi connectivity index (χ1n) is 8.27. The van der Waals surface area contributed by atoms with Crippen LogP contribution in [0.25, 0.3) is 0 Å². The Morgan fingerprint density at radius 3 is 1.50 bits per heavy atom. The van der Waals surface area contributed by atoms with Crippen LogP contribution in [0.2, 0.25) is 0 Å². The second-order valence-corrected chi connectivity index (χ2v) is 6.36. The Bertz CT molecular complexity index is 490. The molecule has 10 nitrogen and oxygen atoms in total. The van der Waals surface area contributed by atoms with Crippen LogP contribution in [0.1, 0.15) is 32.1 Å². The summed E-state index contributed by atoms with van der Waals surface area (Å²) in [6, 6.07) is -2.31. The second-order valence-electron chi connectivity index (χ2n) is 6.36. The molecule has 0 aromatic carbocycles. The van der Waals surface area contributed by atoms with Gasteiger partial charge in [-0.3, -0.25) is 9.59 Å². The third-order valence-corrected chi connectivity index (χ3v) is 4.49. The van der Waals surface area contributed by atoms with Crippen molar-refractivity contribution in [2.75, 3.05) is 27.4 Å². The van der Waals surface area contributed by atoms with E-state index in [1.165, 1.54) is 0 Å². The highest BCUT2D eigenvalue weighted by Crippen LogP contribution is 2.46. The molecule has 1 aliphatic carbocycles. The van der Waals surface area contributed by atoms with Crippen molar-refractivity contribution in [2.24, 2.45) is 5.41 Å². The van der Waals surface area contributed by atoms with Crippen LogP contribution in [-0.2, 0) is 28.7 Å². The van der Waals surface area contributed by atoms with E-state index in [1.54, 1.807) is 0 Å². The Labute approximate surface area is 151 Å². The normalized spacial score (nSPS) is 17.2. The number of ether oxygens (including phenoxy) is 2. The average molecular weight is 374 g/mol. The van der Waals surface area contributed by atoms with Gasteiger partial charge in [0.05, 0.1) is 27.4 Å². The summed E-state index contributed by atoms with van der Waals surface area (Å²) >= 11 is 0. The summed E-state index contributed by atoms with van der Waals surface area (Å²) in [7, 11) is 2.29. The maximum Gasteiger partial charge on any atom is 0.330 e. The highest BCUT2D eigenvalue weighted by Gasteiger charge is 2.41. The van der Waals surface area contributed by atoms with Crippen molar-refractivity contribution in [3.63, 3.8) is 0 Å². The zero-order valence-electron chi connectivity index (χ0n) is 14.9. The van der Waals surface area contributed by atoms with Crippen LogP contribution in [0, 0.1) is 5.41 Å². The lowest BCUT2D eigenvalue weighted by atomic mass is 9.64. The van der Waals surface area contributed by atoms with Gasteiger partial charge in [-0.25, -0.2) is 9.59 Å². The highest BCUT2D eigenvalue weighted by molar-refractivity contribution is 5.87. The molecule has 2 amide bonds. The Morgan fingerprint density at radius 1 is 0.885 bits per heavy atom. The molecule has 0 aromatic rings. The van der Waals surface area contributed by atoms with Crippen molar-refractivity contribution < 1.29 is 38.9 Å². The molecule has 0 aromatic heterocycles. The van der Waals surface area contributed by atoms with E-state index in [-0.39, 0.29) is 12.8 Å². The Kier molecular flexibility index (Phi) is 8.46. The second kappa shape index (κ2) is 10.1. The largest absolute Gasteiger partial charge is 0.467 e. The molecule has 1 saturated carbocycles. The molecule has 0 aliphatic heterocycles. The van der Waals surface area contributed by atoms with Crippen LogP contribution in [0.5, 0.6) is 0 Å². The molecule has 0 unspecified atom stereocenters. The molecule has 0 spiro atoms. The minimum atomic E-state index is -1.16. The zero-order chi connectivity index (χ0) is 19.7. The highest BCUT2D eigenvalue weighted by atomic mass is 16.5. The van der Waals surface area contributed by atoms with Gasteiger partial charge < -0.3 is 30.3 Å². The fraction of sp³-hybridized carbons (Fsp3) is 0.750. The molecule has 4 N–H and O–H groups in total. The van der Waals surface area contributed by atoms with E-state index in [9.17, 15) is 19.2 Å². The van der Waals surface area contributed by atoms with Crippen molar-refractivity contribution in [2.45, 2.75) is 44.2 Å². The van der Waals surface area contributed by atoms with Crippen LogP contribution in [0.3, 0.4) is 0 Å². The van der Waals surface area contributed by atoms with Crippen molar-refractivity contribution in [3.05, 3.63) is 0 Å². The molecule has 148 valence electrons. The predicted octanol–water partition coefficient (Wildman–Crippen LogP) is -1.76. The average Bonchev–Trinajstić information content (AvgIpc) is 2.60. The van der Waals surface area contributed by atoms with E-state index in [4.69, 9.17) is 10.2 Å². The predicted molar refractivity (Wildman–Crippen MR) is 87.6 cm³/mol. The number of aliphatic hydroxyl groups excluding tert-OH is 2.